The van der Waals surface area contributed by atoms with Crippen molar-refractivity contribution in [3.63, 3.8) is 0 Å². The van der Waals surface area contributed by atoms with E-state index in [2.05, 4.69) is 37.3 Å². The summed E-state index contributed by atoms with van der Waals surface area (Å²) >= 11 is 0. The Morgan fingerprint density at radius 3 is 2.33 bits per heavy atom. The van der Waals surface area contributed by atoms with Gasteiger partial charge in [0.2, 0.25) is 5.95 Å². The Bertz CT molecular complexity index is 863. The van der Waals surface area contributed by atoms with Crippen LogP contribution in [0.3, 0.4) is 0 Å². The zero-order valence-corrected chi connectivity index (χ0v) is 15.2. The summed E-state index contributed by atoms with van der Waals surface area (Å²) in [6.07, 6.45) is 1.63. The van der Waals surface area contributed by atoms with Gasteiger partial charge in [0.15, 0.2) is 5.82 Å². The minimum Gasteiger partial charge on any atom is -0.457 e. The summed E-state index contributed by atoms with van der Waals surface area (Å²) in [7, 11) is 2.12. The molecule has 1 aromatic heterocycles. The summed E-state index contributed by atoms with van der Waals surface area (Å²) in [5, 5.41) is 11.5. The van der Waals surface area contributed by atoms with E-state index in [9.17, 15) is 0 Å². The first kappa shape index (κ1) is 17.2. The molecule has 27 heavy (non-hydrogen) atoms. The van der Waals surface area contributed by atoms with Crippen LogP contribution in [0.1, 0.15) is 0 Å². The van der Waals surface area contributed by atoms with Crippen molar-refractivity contribution in [2.45, 2.75) is 0 Å². The Morgan fingerprint density at radius 2 is 1.59 bits per heavy atom. The predicted molar refractivity (Wildman–Crippen MR) is 106 cm³/mol. The van der Waals surface area contributed by atoms with E-state index >= 15 is 0 Å². The average Bonchev–Trinajstić information content (AvgIpc) is 2.71. The number of para-hydroxylation sites is 1. The first-order chi connectivity index (χ1) is 13.3. The highest BCUT2D eigenvalue weighted by Gasteiger charge is 2.17. The lowest BCUT2D eigenvalue weighted by Gasteiger charge is -2.32. The number of hydrogen-bond donors (Lipinski definition) is 1. The largest absolute Gasteiger partial charge is 0.457 e. The molecule has 7 heteroatoms. The first-order valence-corrected chi connectivity index (χ1v) is 8.99. The highest BCUT2D eigenvalue weighted by atomic mass is 16.5. The fraction of sp³-hybridized carbons (Fsp3) is 0.250. The molecule has 7 nitrogen and oxygen atoms in total. The van der Waals surface area contributed by atoms with E-state index in [-0.39, 0.29) is 0 Å². The number of anilines is 3. The average molecular weight is 362 g/mol. The molecule has 1 fully saturated rings. The monoisotopic (exact) mass is 362 g/mol. The first-order valence-electron chi connectivity index (χ1n) is 8.99. The third kappa shape index (κ3) is 4.51. The summed E-state index contributed by atoms with van der Waals surface area (Å²) in [6.45, 7) is 3.83. The smallest absolute Gasteiger partial charge is 0.247 e. The van der Waals surface area contributed by atoms with Crippen molar-refractivity contribution in [2.75, 3.05) is 43.4 Å². The number of aromatic nitrogens is 3. The zero-order chi connectivity index (χ0) is 18.5. The molecule has 0 saturated carbocycles. The molecule has 0 bridgehead atoms. The Balaban J connectivity index is 1.41. The molecule has 138 valence electrons. The number of nitrogens with zero attached hydrogens (tertiary/aromatic N) is 5. The van der Waals surface area contributed by atoms with Crippen LogP contribution in [0.25, 0.3) is 0 Å². The van der Waals surface area contributed by atoms with Crippen molar-refractivity contribution in [3.8, 4) is 11.5 Å². The maximum atomic E-state index is 5.81. The molecular weight excluding hydrogens is 340 g/mol. The van der Waals surface area contributed by atoms with Gasteiger partial charge in [-0.05, 0) is 43.4 Å². The van der Waals surface area contributed by atoms with E-state index in [0.717, 1.165) is 43.4 Å². The molecule has 2 heterocycles. The third-order valence-corrected chi connectivity index (χ3v) is 4.44. The van der Waals surface area contributed by atoms with E-state index in [0.29, 0.717) is 11.8 Å². The van der Waals surface area contributed by atoms with Gasteiger partial charge in [-0.25, -0.2) is 0 Å². The minimum atomic E-state index is 0.664. The second-order valence-corrected chi connectivity index (χ2v) is 6.50. The summed E-state index contributed by atoms with van der Waals surface area (Å²) in [5.74, 6) is 2.94. The van der Waals surface area contributed by atoms with E-state index < -0.39 is 0 Å². The van der Waals surface area contributed by atoms with Gasteiger partial charge in [-0.1, -0.05) is 18.2 Å². The van der Waals surface area contributed by atoms with Gasteiger partial charge in [-0.2, -0.15) is 10.1 Å². The molecule has 3 aromatic rings. The van der Waals surface area contributed by atoms with E-state index in [4.69, 9.17) is 4.74 Å². The predicted octanol–water partition coefficient (Wildman–Crippen LogP) is 3.16. The molecule has 0 radical (unpaired) electrons. The van der Waals surface area contributed by atoms with Gasteiger partial charge in [-0.3, -0.25) is 0 Å². The van der Waals surface area contributed by atoms with Crippen LogP contribution in [-0.4, -0.2) is 53.3 Å². The van der Waals surface area contributed by atoms with E-state index in [1.807, 2.05) is 54.6 Å². The number of ether oxygens (including phenoxy) is 1. The molecule has 1 aliphatic rings. The fourth-order valence-electron chi connectivity index (χ4n) is 2.87. The lowest BCUT2D eigenvalue weighted by atomic mass is 10.3. The van der Waals surface area contributed by atoms with Gasteiger partial charge in [0.05, 0.1) is 6.20 Å². The van der Waals surface area contributed by atoms with Crippen molar-refractivity contribution in [3.05, 3.63) is 60.8 Å². The van der Waals surface area contributed by atoms with Crippen molar-refractivity contribution in [1.29, 1.82) is 0 Å². The maximum absolute atomic E-state index is 5.81. The molecule has 0 spiro atoms. The van der Waals surface area contributed by atoms with Crippen LogP contribution in [0.4, 0.5) is 17.5 Å². The summed E-state index contributed by atoms with van der Waals surface area (Å²) in [4.78, 5) is 9.06. The van der Waals surface area contributed by atoms with Gasteiger partial charge >= 0.3 is 0 Å². The van der Waals surface area contributed by atoms with Gasteiger partial charge in [0.25, 0.3) is 0 Å². The summed E-state index contributed by atoms with van der Waals surface area (Å²) < 4.78 is 5.81. The zero-order valence-electron chi connectivity index (χ0n) is 15.2. The number of rotatable bonds is 5. The fourth-order valence-corrected chi connectivity index (χ4v) is 2.87. The van der Waals surface area contributed by atoms with Gasteiger partial charge in [-0.15, -0.1) is 5.10 Å². The quantitative estimate of drug-likeness (QED) is 0.748. The molecule has 1 aliphatic heterocycles. The van der Waals surface area contributed by atoms with Crippen LogP contribution >= 0.6 is 0 Å². The topological polar surface area (TPSA) is 66.4 Å². The van der Waals surface area contributed by atoms with Crippen LogP contribution < -0.4 is 15.0 Å². The highest BCUT2D eigenvalue weighted by Crippen LogP contribution is 2.24. The number of benzene rings is 2. The second kappa shape index (κ2) is 8.01. The summed E-state index contributed by atoms with van der Waals surface area (Å²) in [6, 6.07) is 17.5. The van der Waals surface area contributed by atoms with Crippen LogP contribution in [-0.2, 0) is 0 Å². The van der Waals surface area contributed by atoms with Crippen molar-refractivity contribution >= 4 is 17.5 Å². The SMILES string of the molecule is CN1CCN(c2nncc(Nc3ccc(Oc4ccccc4)cc3)n2)CC1. The molecular formula is C20H22N6O. The molecule has 2 aromatic carbocycles. The third-order valence-electron chi connectivity index (χ3n) is 4.44. The van der Waals surface area contributed by atoms with Crippen LogP contribution in [0.2, 0.25) is 0 Å². The van der Waals surface area contributed by atoms with Crippen LogP contribution in [0, 0.1) is 0 Å². The summed E-state index contributed by atoms with van der Waals surface area (Å²) in [5.41, 5.74) is 0.917. The standard InChI is InChI=1S/C20H22N6O/c1-25-11-13-26(14-12-25)20-23-19(15-21-24-20)22-16-7-9-18(10-8-16)27-17-5-3-2-4-6-17/h2-10,15H,11-14H2,1H3,(H,22,23,24). The van der Waals surface area contributed by atoms with E-state index in [1.165, 1.54) is 0 Å². The molecule has 0 aliphatic carbocycles. The van der Waals surface area contributed by atoms with Crippen LogP contribution in [0.5, 0.6) is 11.5 Å². The van der Waals surface area contributed by atoms with Crippen molar-refractivity contribution in [1.82, 2.24) is 20.1 Å². The molecule has 0 atom stereocenters. The van der Waals surface area contributed by atoms with E-state index in [1.54, 1.807) is 6.20 Å². The Kier molecular flexibility index (Phi) is 5.11. The molecule has 0 amide bonds. The normalized spacial score (nSPS) is 14.8. The molecule has 4 rings (SSSR count). The van der Waals surface area contributed by atoms with Crippen molar-refractivity contribution in [2.24, 2.45) is 0 Å². The lowest BCUT2D eigenvalue weighted by Crippen LogP contribution is -2.45. The Hall–Kier alpha value is -3.19. The van der Waals surface area contributed by atoms with Gasteiger partial charge in [0, 0.05) is 31.9 Å². The number of piperazine rings is 1. The Labute approximate surface area is 158 Å². The number of hydrogen-bond acceptors (Lipinski definition) is 7. The highest BCUT2D eigenvalue weighted by molar-refractivity contribution is 5.57. The minimum absolute atomic E-state index is 0.664. The van der Waals surface area contributed by atoms with Crippen molar-refractivity contribution < 1.29 is 4.74 Å². The number of likely N-dealkylation sites (N-methyl/N-ethyl adjacent to an activating group) is 1. The maximum Gasteiger partial charge on any atom is 0.247 e. The molecule has 1 saturated heterocycles. The van der Waals surface area contributed by atoms with Gasteiger partial charge in [0.1, 0.15) is 11.5 Å². The van der Waals surface area contributed by atoms with Gasteiger partial charge < -0.3 is 19.9 Å². The second-order valence-electron chi connectivity index (χ2n) is 6.50. The molecule has 0 unspecified atom stereocenters. The number of nitrogens with one attached hydrogen (secondary N) is 1. The Morgan fingerprint density at radius 1 is 0.889 bits per heavy atom. The van der Waals surface area contributed by atoms with Crippen LogP contribution in [0.15, 0.2) is 60.8 Å². The molecule has 1 N–H and O–H groups in total. The lowest BCUT2D eigenvalue weighted by molar-refractivity contribution is 0.311.